The molecule has 0 aromatic carbocycles. The lowest BCUT2D eigenvalue weighted by Gasteiger charge is -2.36. The smallest absolute Gasteiger partial charge is 0.390 e. The number of rotatable bonds is 7. The zero-order valence-corrected chi connectivity index (χ0v) is 11.7. The normalized spacial score (nSPS) is 12.5. The molecule has 0 rings (SSSR count). The van der Waals surface area contributed by atoms with Crippen LogP contribution in [0.3, 0.4) is 0 Å². The molecule has 0 saturated heterocycles. The first-order valence-corrected chi connectivity index (χ1v) is 5.58. The minimum atomic E-state index is -5.66. The van der Waals surface area contributed by atoms with E-state index >= 15 is 0 Å². The average Bonchev–Trinajstić information content (AvgIpc) is 2.37. The molecule has 0 heterocycles. The zero-order valence-electron chi connectivity index (χ0n) is 11.7. The third-order valence-corrected chi connectivity index (χ3v) is 2.21. The summed E-state index contributed by atoms with van der Waals surface area (Å²) in [5.41, 5.74) is -1.10. The van der Waals surface area contributed by atoms with Crippen molar-refractivity contribution in [3.63, 3.8) is 0 Å². The standard InChI is InChI=1S/C12H14F4O6/c1-6(2)8(18)21-12(20,22-9(19)7(3)4)11(15,16)10(13,14)5-17/h17,20H,1,3,5H2,2,4H3. The third-order valence-electron chi connectivity index (χ3n) is 2.21. The van der Waals surface area contributed by atoms with Gasteiger partial charge in [0.1, 0.15) is 6.61 Å². The minimum Gasteiger partial charge on any atom is -0.390 e. The fourth-order valence-corrected chi connectivity index (χ4v) is 0.905. The molecule has 0 spiro atoms. The lowest BCUT2D eigenvalue weighted by molar-refractivity contribution is -0.443. The second-order valence-electron chi connectivity index (χ2n) is 4.36. The molecule has 2 N–H and O–H groups in total. The molecule has 0 aliphatic carbocycles. The molecule has 0 aliphatic rings. The van der Waals surface area contributed by atoms with E-state index in [9.17, 15) is 32.3 Å². The van der Waals surface area contributed by atoms with Gasteiger partial charge in [-0.25, -0.2) is 9.59 Å². The molecule has 126 valence electrons. The summed E-state index contributed by atoms with van der Waals surface area (Å²) in [6.45, 7) is 5.49. The maximum absolute atomic E-state index is 13.7. The van der Waals surface area contributed by atoms with Crippen LogP contribution in [0.4, 0.5) is 17.6 Å². The Morgan fingerprint density at radius 1 is 1.00 bits per heavy atom. The summed E-state index contributed by atoms with van der Waals surface area (Å²) < 4.78 is 61.3. The molecule has 0 amide bonds. The van der Waals surface area contributed by atoms with E-state index in [-0.39, 0.29) is 0 Å². The summed E-state index contributed by atoms with van der Waals surface area (Å²) in [6.07, 6.45) is 0. The molecule has 0 aromatic heterocycles. The molecule has 10 heteroatoms. The number of hydrogen-bond donors (Lipinski definition) is 2. The van der Waals surface area contributed by atoms with Gasteiger partial charge in [-0.3, -0.25) is 0 Å². The van der Waals surface area contributed by atoms with Crippen LogP contribution >= 0.6 is 0 Å². The van der Waals surface area contributed by atoms with Gasteiger partial charge in [-0.2, -0.15) is 17.6 Å². The van der Waals surface area contributed by atoms with Crippen molar-refractivity contribution < 1.29 is 46.8 Å². The van der Waals surface area contributed by atoms with Crippen molar-refractivity contribution in [2.75, 3.05) is 6.61 Å². The van der Waals surface area contributed by atoms with Crippen molar-refractivity contribution in [3.05, 3.63) is 24.3 Å². The number of halogens is 4. The van der Waals surface area contributed by atoms with Gasteiger partial charge in [-0.15, -0.1) is 0 Å². The highest BCUT2D eigenvalue weighted by atomic mass is 19.3. The van der Waals surface area contributed by atoms with Gasteiger partial charge in [0.15, 0.2) is 0 Å². The molecule has 0 radical (unpaired) electrons. The van der Waals surface area contributed by atoms with Crippen molar-refractivity contribution in [1.29, 1.82) is 0 Å². The van der Waals surface area contributed by atoms with Crippen LogP contribution in [0.15, 0.2) is 24.3 Å². The summed E-state index contributed by atoms with van der Waals surface area (Å²) >= 11 is 0. The maximum atomic E-state index is 13.7. The summed E-state index contributed by atoms with van der Waals surface area (Å²) in [6, 6.07) is 0. The Morgan fingerprint density at radius 2 is 1.32 bits per heavy atom. The van der Waals surface area contributed by atoms with E-state index in [4.69, 9.17) is 5.11 Å². The van der Waals surface area contributed by atoms with Crippen LogP contribution in [0.2, 0.25) is 0 Å². The topological polar surface area (TPSA) is 93.1 Å². The van der Waals surface area contributed by atoms with Crippen molar-refractivity contribution in [2.45, 2.75) is 31.7 Å². The number of esters is 2. The van der Waals surface area contributed by atoms with Crippen LogP contribution in [0.1, 0.15) is 13.8 Å². The molecule has 0 saturated carbocycles. The van der Waals surface area contributed by atoms with Crippen molar-refractivity contribution in [2.24, 2.45) is 0 Å². The van der Waals surface area contributed by atoms with E-state index in [2.05, 4.69) is 22.6 Å². The van der Waals surface area contributed by atoms with Gasteiger partial charge in [0.2, 0.25) is 0 Å². The number of aliphatic hydroxyl groups is 2. The van der Waals surface area contributed by atoms with E-state index in [1.54, 1.807) is 0 Å². The first-order chi connectivity index (χ1) is 9.72. The fourth-order valence-electron chi connectivity index (χ4n) is 0.905. The molecular formula is C12H14F4O6. The molecule has 0 bridgehead atoms. The van der Waals surface area contributed by atoms with E-state index in [0.717, 1.165) is 13.8 Å². The SMILES string of the molecule is C=C(C)C(=O)OC(O)(OC(=O)C(=C)C)C(F)(F)C(F)(F)CO. The van der Waals surface area contributed by atoms with Crippen LogP contribution < -0.4 is 0 Å². The van der Waals surface area contributed by atoms with Gasteiger partial charge in [0.05, 0.1) is 0 Å². The van der Waals surface area contributed by atoms with E-state index in [0.29, 0.717) is 0 Å². The van der Waals surface area contributed by atoms with Crippen LogP contribution in [0.25, 0.3) is 0 Å². The summed E-state index contributed by atoms with van der Waals surface area (Å²) in [7, 11) is 0. The quantitative estimate of drug-likeness (QED) is 0.315. The molecule has 0 unspecified atom stereocenters. The van der Waals surface area contributed by atoms with E-state index in [1.807, 2.05) is 0 Å². The predicted octanol–water partition coefficient (Wildman–Crippen LogP) is 1.13. The lowest BCUT2D eigenvalue weighted by Crippen LogP contribution is -2.64. The molecular weight excluding hydrogens is 316 g/mol. The number of hydrogen-bond acceptors (Lipinski definition) is 6. The minimum absolute atomic E-state index is 0.548. The highest BCUT2D eigenvalue weighted by molar-refractivity contribution is 5.89. The summed E-state index contributed by atoms with van der Waals surface area (Å²) in [5.74, 6) is -19.1. The number of carbonyl (C=O) groups excluding carboxylic acids is 2. The van der Waals surface area contributed by atoms with Crippen LogP contribution in [-0.4, -0.2) is 46.6 Å². The summed E-state index contributed by atoms with van der Waals surface area (Å²) in [4.78, 5) is 22.5. The Labute approximate surface area is 122 Å². The van der Waals surface area contributed by atoms with E-state index in [1.165, 1.54) is 0 Å². The molecule has 0 atom stereocenters. The maximum Gasteiger partial charge on any atom is 0.448 e. The highest BCUT2D eigenvalue weighted by Crippen LogP contribution is 2.44. The first-order valence-electron chi connectivity index (χ1n) is 5.58. The van der Waals surface area contributed by atoms with Gasteiger partial charge >= 0.3 is 29.8 Å². The Kier molecular flexibility index (Phi) is 5.88. The Bertz CT molecular complexity index is 472. The zero-order chi connectivity index (χ0) is 17.9. The molecule has 0 aliphatic heterocycles. The second kappa shape index (κ2) is 6.44. The van der Waals surface area contributed by atoms with Crippen LogP contribution in [0.5, 0.6) is 0 Å². The Hall–Kier alpha value is -1.94. The molecule has 0 aromatic rings. The number of carbonyl (C=O) groups is 2. The second-order valence-corrected chi connectivity index (χ2v) is 4.36. The largest absolute Gasteiger partial charge is 0.448 e. The van der Waals surface area contributed by atoms with Crippen LogP contribution in [0, 0.1) is 0 Å². The first kappa shape index (κ1) is 20.1. The fraction of sp³-hybridized carbons (Fsp3) is 0.500. The molecule has 22 heavy (non-hydrogen) atoms. The Morgan fingerprint density at radius 3 is 1.55 bits per heavy atom. The van der Waals surface area contributed by atoms with Gasteiger partial charge in [-0.05, 0) is 13.8 Å². The van der Waals surface area contributed by atoms with E-state index < -0.39 is 47.5 Å². The number of alkyl halides is 4. The van der Waals surface area contributed by atoms with Crippen molar-refractivity contribution in [3.8, 4) is 0 Å². The highest BCUT2D eigenvalue weighted by Gasteiger charge is 2.74. The average molecular weight is 330 g/mol. The predicted molar refractivity (Wildman–Crippen MR) is 63.7 cm³/mol. The molecule has 6 nitrogen and oxygen atoms in total. The Balaban J connectivity index is 5.88. The van der Waals surface area contributed by atoms with Crippen molar-refractivity contribution >= 4 is 11.9 Å². The van der Waals surface area contributed by atoms with Gasteiger partial charge in [0, 0.05) is 11.1 Å². The van der Waals surface area contributed by atoms with Gasteiger partial charge < -0.3 is 19.7 Å². The number of aliphatic hydroxyl groups excluding tert-OH is 1. The lowest BCUT2D eigenvalue weighted by atomic mass is 10.1. The molecule has 0 fully saturated rings. The van der Waals surface area contributed by atoms with Gasteiger partial charge in [-0.1, -0.05) is 13.2 Å². The van der Waals surface area contributed by atoms with Crippen LogP contribution in [-0.2, 0) is 19.1 Å². The monoisotopic (exact) mass is 330 g/mol. The van der Waals surface area contributed by atoms with Gasteiger partial charge in [0.25, 0.3) is 0 Å². The van der Waals surface area contributed by atoms with Crippen molar-refractivity contribution in [1.82, 2.24) is 0 Å². The number of ether oxygens (including phenoxy) is 2. The summed E-state index contributed by atoms with van der Waals surface area (Å²) in [5, 5.41) is 17.9. The third kappa shape index (κ3) is 3.83.